The quantitative estimate of drug-likeness (QED) is 0.161. The van der Waals surface area contributed by atoms with Gasteiger partial charge in [0.2, 0.25) is 0 Å². The Labute approximate surface area is 303 Å². The SMILES string of the molecule is c1ccc(-c2ccccc2-c2ccc3c(-c4cccc5ccccc45)c4ccccc4c(-c4ccccc4-c4cccc5ccccc45)c3c2)cc1. The highest BCUT2D eigenvalue weighted by molar-refractivity contribution is 6.25. The van der Waals surface area contributed by atoms with Crippen molar-refractivity contribution in [2.24, 2.45) is 0 Å². The molecule has 0 saturated heterocycles. The standard InChI is InChI=1S/C52H34/c1-2-16-35(17-3-1)39-22-8-9-25-42(39)38-32-33-49-50(34-38)52(46-27-11-10-26-44(46)43-30-14-20-36-18-4-6-23-40(36)43)48-29-13-12-28-47(48)51(49)45-31-15-21-37-19-5-7-24-41(37)45/h1-34H. The van der Waals surface area contributed by atoms with E-state index in [0.29, 0.717) is 0 Å². The van der Waals surface area contributed by atoms with E-state index in [1.54, 1.807) is 0 Å². The lowest BCUT2D eigenvalue weighted by Crippen LogP contribution is -1.94. The maximum Gasteiger partial charge on any atom is -0.00199 e. The summed E-state index contributed by atoms with van der Waals surface area (Å²) >= 11 is 0. The summed E-state index contributed by atoms with van der Waals surface area (Å²) in [7, 11) is 0. The van der Waals surface area contributed by atoms with E-state index in [1.807, 2.05) is 0 Å². The average molecular weight is 659 g/mol. The van der Waals surface area contributed by atoms with Crippen LogP contribution in [-0.2, 0) is 0 Å². The van der Waals surface area contributed by atoms with E-state index in [4.69, 9.17) is 0 Å². The van der Waals surface area contributed by atoms with Crippen molar-refractivity contribution < 1.29 is 0 Å². The van der Waals surface area contributed by atoms with Crippen LogP contribution >= 0.6 is 0 Å². The van der Waals surface area contributed by atoms with Crippen LogP contribution in [-0.4, -0.2) is 0 Å². The molecule has 0 aliphatic carbocycles. The predicted molar refractivity (Wildman–Crippen MR) is 224 cm³/mol. The van der Waals surface area contributed by atoms with Gasteiger partial charge in [0, 0.05) is 0 Å². The maximum atomic E-state index is 2.45. The fraction of sp³-hybridized carbons (Fsp3) is 0. The summed E-state index contributed by atoms with van der Waals surface area (Å²) in [6.45, 7) is 0. The van der Waals surface area contributed by atoms with Crippen molar-refractivity contribution in [2.45, 2.75) is 0 Å². The monoisotopic (exact) mass is 658 g/mol. The summed E-state index contributed by atoms with van der Waals surface area (Å²) in [6.07, 6.45) is 0. The Morgan fingerprint density at radius 1 is 0.192 bits per heavy atom. The van der Waals surface area contributed by atoms with Crippen molar-refractivity contribution in [1.82, 2.24) is 0 Å². The second-order valence-electron chi connectivity index (χ2n) is 13.6. The van der Waals surface area contributed by atoms with Crippen LogP contribution in [0.4, 0.5) is 0 Å². The summed E-state index contributed by atoms with van der Waals surface area (Å²) in [5.41, 5.74) is 12.4. The van der Waals surface area contributed by atoms with Gasteiger partial charge in [-0.3, -0.25) is 0 Å². The van der Waals surface area contributed by atoms with Gasteiger partial charge in [0.05, 0.1) is 0 Å². The summed E-state index contributed by atoms with van der Waals surface area (Å²) in [5, 5.41) is 10.0. The lowest BCUT2D eigenvalue weighted by molar-refractivity contribution is 1.59. The van der Waals surface area contributed by atoms with E-state index < -0.39 is 0 Å². The van der Waals surface area contributed by atoms with Crippen molar-refractivity contribution >= 4 is 43.1 Å². The number of fused-ring (bicyclic) bond motifs is 4. The molecule has 52 heavy (non-hydrogen) atoms. The first-order chi connectivity index (χ1) is 25.8. The minimum atomic E-state index is 1.20. The first-order valence-electron chi connectivity index (χ1n) is 18.0. The molecule has 0 N–H and O–H groups in total. The van der Waals surface area contributed by atoms with Crippen molar-refractivity contribution in [3.05, 3.63) is 206 Å². The first kappa shape index (κ1) is 30.1. The molecule has 10 aromatic rings. The van der Waals surface area contributed by atoms with E-state index in [2.05, 4.69) is 206 Å². The number of rotatable bonds is 5. The van der Waals surface area contributed by atoms with E-state index in [1.165, 1.54) is 98.7 Å². The van der Waals surface area contributed by atoms with Crippen LogP contribution < -0.4 is 0 Å². The van der Waals surface area contributed by atoms with E-state index >= 15 is 0 Å². The molecule has 242 valence electrons. The zero-order valence-electron chi connectivity index (χ0n) is 28.6. The molecule has 0 aliphatic heterocycles. The Balaban J connectivity index is 1.35. The van der Waals surface area contributed by atoms with Gasteiger partial charge in [-0.05, 0) is 105 Å². The van der Waals surface area contributed by atoms with Crippen LogP contribution in [0.1, 0.15) is 0 Å². The summed E-state index contributed by atoms with van der Waals surface area (Å²) in [4.78, 5) is 0. The molecule has 0 nitrogen and oxygen atoms in total. The summed E-state index contributed by atoms with van der Waals surface area (Å²) in [5.74, 6) is 0. The lowest BCUT2D eigenvalue weighted by Gasteiger charge is -2.22. The van der Waals surface area contributed by atoms with Crippen molar-refractivity contribution in [3.8, 4) is 55.6 Å². The smallest absolute Gasteiger partial charge is 0.00199 e. The average Bonchev–Trinajstić information content (AvgIpc) is 3.22. The molecule has 0 aromatic heterocycles. The van der Waals surface area contributed by atoms with E-state index in [0.717, 1.165) is 0 Å². The predicted octanol–water partition coefficient (Wildman–Crippen LogP) is 14.6. The van der Waals surface area contributed by atoms with Crippen LogP contribution in [0.15, 0.2) is 206 Å². The fourth-order valence-corrected chi connectivity index (χ4v) is 8.37. The van der Waals surface area contributed by atoms with Gasteiger partial charge in [-0.25, -0.2) is 0 Å². The second kappa shape index (κ2) is 12.5. The van der Waals surface area contributed by atoms with Gasteiger partial charge in [-0.2, -0.15) is 0 Å². The van der Waals surface area contributed by atoms with Crippen LogP contribution in [0, 0.1) is 0 Å². The van der Waals surface area contributed by atoms with E-state index in [-0.39, 0.29) is 0 Å². The molecule has 0 heterocycles. The molecule has 10 rings (SSSR count). The Kier molecular flexibility index (Phi) is 7.25. The van der Waals surface area contributed by atoms with Crippen LogP contribution in [0.3, 0.4) is 0 Å². The van der Waals surface area contributed by atoms with Gasteiger partial charge in [-0.1, -0.05) is 200 Å². The molecular formula is C52H34. The fourth-order valence-electron chi connectivity index (χ4n) is 8.37. The molecule has 0 spiro atoms. The Bertz CT molecular complexity index is 2940. The third kappa shape index (κ3) is 4.92. The number of benzene rings is 10. The largest absolute Gasteiger partial charge is 0.0622 e. The van der Waals surface area contributed by atoms with Gasteiger partial charge in [0.1, 0.15) is 0 Å². The lowest BCUT2D eigenvalue weighted by atomic mass is 9.81. The molecule has 0 saturated carbocycles. The Morgan fingerprint density at radius 2 is 0.615 bits per heavy atom. The minimum absolute atomic E-state index is 1.20. The number of hydrogen-bond donors (Lipinski definition) is 0. The molecule has 0 aliphatic rings. The van der Waals surface area contributed by atoms with Crippen LogP contribution in [0.5, 0.6) is 0 Å². The molecule has 0 radical (unpaired) electrons. The first-order valence-corrected chi connectivity index (χ1v) is 18.0. The topological polar surface area (TPSA) is 0 Å². The van der Waals surface area contributed by atoms with E-state index in [9.17, 15) is 0 Å². The second-order valence-corrected chi connectivity index (χ2v) is 13.6. The normalized spacial score (nSPS) is 11.5. The minimum Gasteiger partial charge on any atom is -0.0622 e. The zero-order valence-corrected chi connectivity index (χ0v) is 28.6. The van der Waals surface area contributed by atoms with Crippen molar-refractivity contribution in [3.63, 3.8) is 0 Å². The molecule has 0 atom stereocenters. The molecule has 0 bridgehead atoms. The highest BCUT2D eigenvalue weighted by atomic mass is 14.2. The Morgan fingerprint density at radius 3 is 1.29 bits per heavy atom. The van der Waals surface area contributed by atoms with Gasteiger partial charge >= 0.3 is 0 Å². The summed E-state index contributed by atoms with van der Waals surface area (Å²) < 4.78 is 0. The molecule has 0 heteroatoms. The highest BCUT2D eigenvalue weighted by Crippen LogP contribution is 2.49. The summed E-state index contributed by atoms with van der Waals surface area (Å²) in [6, 6.07) is 75.6. The zero-order chi connectivity index (χ0) is 34.4. The van der Waals surface area contributed by atoms with Gasteiger partial charge in [-0.15, -0.1) is 0 Å². The van der Waals surface area contributed by atoms with Crippen molar-refractivity contribution in [2.75, 3.05) is 0 Å². The molecule has 0 amide bonds. The van der Waals surface area contributed by atoms with Gasteiger partial charge < -0.3 is 0 Å². The molecule has 0 unspecified atom stereocenters. The third-order valence-corrected chi connectivity index (χ3v) is 10.7. The third-order valence-electron chi connectivity index (χ3n) is 10.7. The molecule has 10 aromatic carbocycles. The molecule has 0 fully saturated rings. The van der Waals surface area contributed by atoms with Gasteiger partial charge in [0.25, 0.3) is 0 Å². The molecular weight excluding hydrogens is 625 g/mol. The number of hydrogen-bond acceptors (Lipinski definition) is 0. The van der Waals surface area contributed by atoms with Gasteiger partial charge in [0.15, 0.2) is 0 Å². The van der Waals surface area contributed by atoms with Crippen LogP contribution in [0.2, 0.25) is 0 Å². The Hall–Kier alpha value is -6.76. The highest BCUT2D eigenvalue weighted by Gasteiger charge is 2.21. The van der Waals surface area contributed by atoms with Crippen LogP contribution in [0.25, 0.3) is 98.7 Å². The van der Waals surface area contributed by atoms with Crippen molar-refractivity contribution in [1.29, 1.82) is 0 Å². The maximum absolute atomic E-state index is 2.45.